The first-order valence-corrected chi connectivity index (χ1v) is 6.12. The fraction of sp³-hybridized carbons (Fsp3) is 0.778. The second-order valence-corrected chi connectivity index (χ2v) is 4.52. The Kier molecular flexibility index (Phi) is 4.41. The van der Waals surface area contributed by atoms with E-state index in [1.54, 1.807) is 11.8 Å². The van der Waals surface area contributed by atoms with E-state index >= 15 is 0 Å². The molecule has 2 N–H and O–H groups in total. The van der Waals surface area contributed by atoms with Gasteiger partial charge in [-0.25, -0.2) is 0 Å². The third-order valence-electron chi connectivity index (χ3n) is 1.92. The molecule has 0 fully saturated rings. The van der Waals surface area contributed by atoms with E-state index in [-0.39, 0.29) is 6.04 Å². The Morgan fingerprint density at radius 2 is 2.21 bits per heavy atom. The molecule has 0 aliphatic carbocycles. The van der Waals surface area contributed by atoms with Gasteiger partial charge in [0.2, 0.25) is 5.89 Å². The maximum Gasteiger partial charge on any atom is 0.243 e. The lowest BCUT2D eigenvalue weighted by Gasteiger charge is -2.03. The van der Waals surface area contributed by atoms with Crippen LogP contribution >= 0.6 is 11.8 Å². The Morgan fingerprint density at radius 1 is 1.50 bits per heavy atom. The van der Waals surface area contributed by atoms with Crippen molar-refractivity contribution in [3.05, 3.63) is 11.7 Å². The molecule has 0 amide bonds. The number of nitrogens with two attached hydrogens (primary N) is 1. The number of rotatable bonds is 5. The molecule has 80 valence electrons. The minimum absolute atomic E-state index is 0.123. The fourth-order valence-electron chi connectivity index (χ4n) is 1.00. The van der Waals surface area contributed by atoms with Gasteiger partial charge in [0.1, 0.15) is 0 Å². The average molecular weight is 215 g/mol. The molecular weight excluding hydrogens is 198 g/mol. The zero-order valence-electron chi connectivity index (χ0n) is 8.86. The van der Waals surface area contributed by atoms with Crippen molar-refractivity contribution < 1.29 is 4.52 Å². The Labute approximate surface area is 88.6 Å². The zero-order chi connectivity index (χ0) is 10.6. The van der Waals surface area contributed by atoms with Crippen molar-refractivity contribution >= 4 is 11.8 Å². The predicted octanol–water partition coefficient (Wildman–Crippen LogP) is 1.95. The number of hydrogen-bond acceptors (Lipinski definition) is 5. The molecule has 1 atom stereocenters. The lowest BCUT2D eigenvalue weighted by atomic mass is 10.2. The zero-order valence-corrected chi connectivity index (χ0v) is 9.67. The highest BCUT2D eigenvalue weighted by Crippen LogP contribution is 2.16. The molecule has 5 heteroatoms. The summed E-state index contributed by atoms with van der Waals surface area (Å²) >= 11 is 1.77. The van der Waals surface area contributed by atoms with Gasteiger partial charge in [-0.3, -0.25) is 0 Å². The molecule has 0 aliphatic heterocycles. The minimum atomic E-state index is -0.123. The van der Waals surface area contributed by atoms with Crippen LogP contribution < -0.4 is 5.73 Å². The molecular formula is C9H17N3OS. The predicted molar refractivity (Wildman–Crippen MR) is 58.3 cm³/mol. The summed E-state index contributed by atoms with van der Waals surface area (Å²) < 4.78 is 5.09. The van der Waals surface area contributed by atoms with Crippen LogP contribution in [0.4, 0.5) is 0 Å². The van der Waals surface area contributed by atoms with Crippen LogP contribution in [-0.4, -0.2) is 22.1 Å². The molecule has 0 aromatic carbocycles. The summed E-state index contributed by atoms with van der Waals surface area (Å²) in [4.78, 5) is 4.25. The lowest BCUT2D eigenvalue weighted by molar-refractivity contribution is 0.347. The molecule has 0 spiro atoms. The number of hydrogen-bond donors (Lipinski definition) is 1. The molecule has 0 saturated carbocycles. The molecule has 0 radical (unpaired) electrons. The van der Waals surface area contributed by atoms with Crippen molar-refractivity contribution in [1.82, 2.24) is 10.1 Å². The average Bonchev–Trinajstić information content (AvgIpc) is 2.62. The largest absolute Gasteiger partial charge is 0.338 e. The molecule has 1 heterocycles. The summed E-state index contributed by atoms with van der Waals surface area (Å²) in [7, 11) is 0. The van der Waals surface area contributed by atoms with Crippen LogP contribution in [0.1, 0.15) is 43.9 Å². The van der Waals surface area contributed by atoms with Crippen molar-refractivity contribution in [2.45, 2.75) is 32.2 Å². The lowest BCUT2D eigenvalue weighted by Crippen LogP contribution is -2.11. The van der Waals surface area contributed by atoms with Crippen molar-refractivity contribution in [2.24, 2.45) is 5.73 Å². The van der Waals surface area contributed by atoms with E-state index in [1.165, 1.54) is 0 Å². The van der Waals surface area contributed by atoms with Gasteiger partial charge >= 0.3 is 0 Å². The molecule has 1 aromatic heterocycles. The van der Waals surface area contributed by atoms with Crippen molar-refractivity contribution in [2.75, 3.05) is 12.0 Å². The smallest absolute Gasteiger partial charge is 0.243 e. The summed E-state index contributed by atoms with van der Waals surface area (Å²) in [5.74, 6) is 2.60. The van der Waals surface area contributed by atoms with Gasteiger partial charge in [-0.2, -0.15) is 16.7 Å². The van der Waals surface area contributed by atoms with Gasteiger partial charge in [-0.05, 0) is 18.4 Å². The van der Waals surface area contributed by atoms with Gasteiger partial charge in [0.25, 0.3) is 0 Å². The first-order chi connectivity index (χ1) is 6.65. The van der Waals surface area contributed by atoms with E-state index < -0.39 is 0 Å². The van der Waals surface area contributed by atoms with E-state index in [2.05, 4.69) is 16.4 Å². The van der Waals surface area contributed by atoms with Gasteiger partial charge < -0.3 is 10.3 Å². The summed E-state index contributed by atoms with van der Waals surface area (Å²) in [6.07, 6.45) is 2.93. The first-order valence-electron chi connectivity index (χ1n) is 4.73. The molecule has 1 aromatic rings. The topological polar surface area (TPSA) is 64.9 Å². The molecule has 0 saturated heterocycles. The van der Waals surface area contributed by atoms with Crippen molar-refractivity contribution in [3.8, 4) is 0 Å². The maximum absolute atomic E-state index is 5.88. The summed E-state index contributed by atoms with van der Waals surface area (Å²) in [5, 5.41) is 3.87. The van der Waals surface area contributed by atoms with Crippen LogP contribution in [0, 0.1) is 0 Å². The Bertz CT molecular complexity index is 275. The van der Waals surface area contributed by atoms with Crippen LogP contribution in [0.2, 0.25) is 0 Å². The SMILES string of the molecule is CSCC[C@@H](N)c1nc(C(C)C)no1. The number of thioether (sulfide) groups is 1. The van der Waals surface area contributed by atoms with Gasteiger partial charge in [0.05, 0.1) is 6.04 Å². The fourth-order valence-corrected chi connectivity index (χ4v) is 1.49. The molecule has 0 aliphatic rings. The van der Waals surface area contributed by atoms with Crippen molar-refractivity contribution in [3.63, 3.8) is 0 Å². The normalized spacial score (nSPS) is 13.5. The molecule has 0 bridgehead atoms. The Hall–Kier alpha value is -0.550. The monoisotopic (exact) mass is 215 g/mol. The van der Waals surface area contributed by atoms with E-state index in [4.69, 9.17) is 10.3 Å². The third-order valence-corrected chi connectivity index (χ3v) is 2.57. The third kappa shape index (κ3) is 2.99. The molecule has 4 nitrogen and oxygen atoms in total. The Balaban J connectivity index is 2.57. The van der Waals surface area contributed by atoms with E-state index in [1.807, 2.05) is 13.8 Å². The van der Waals surface area contributed by atoms with E-state index in [0.717, 1.165) is 18.0 Å². The van der Waals surface area contributed by atoms with Crippen LogP contribution in [-0.2, 0) is 0 Å². The highest BCUT2D eigenvalue weighted by Gasteiger charge is 2.15. The molecule has 14 heavy (non-hydrogen) atoms. The van der Waals surface area contributed by atoms with Gasteiger partial charge in [-0.1, -0.05) is 19.0 Å². The summed E-state index contributed by atoms with van der Waals surface area (Å²) in [6.45, 7) is 4.06. The summed E-state index contributed by atoms with van der Waals surface area (Å²) in [5.41, 5.74) is 5.88. The highest BCUT2D eigenvalue weighted by atomic mass is 32.2. The van der Waals surface area contributed by atoms with Crippen molar-refractivity contribution in [1.29, 1.82) is 0 Å². The van der Waals surface area contributed by atoms with E-state index in [0.29, 0.717) is 11.8 Å². The number of aromatic nitrogens is 2. The second kappa shape index (κ2) is 5.36. The van der Waals surface area contributed by atoms with Crippen LogP contribution in [0.25, 0.3) is 0 Å². The number of nitrogens with zero attached hydrogens (tertiary/aromatic N) is 2. The maximum atomic E-state index is 5.88. The van der Waals surface area contributed by atoms with E-state index in [9.17, 15) is 0 Å². The summed E-state index contributed by atoms with van der Waals surface area (Å²) in [6, 6.07) is -0.123. The molecule has 0 unspecified atom stereocenters. The van der Waals surface area contributed by atoms with Crippen LogP contribution in [0.5, 0.6) is 0 Å². The first kappa shape index (κ1) is 11.5. The molecule has 1 rings (SSSR count). The standard InChI is InChI=1S/C9H17N3OS/c1-6(2)8-11-9(13-12-8)7(10)4-5-14-3/h6-7H,4-5,10H2,1-3H3/t7-/m1/s1. The van der Waals surface area contributed by atoms with Gasteiger partial charge in [-0.15, -0.1) is 0 Å². The van der Waals surface area contributed by atoms with Gasteiger partial charge in [0, 0.05) is 5.92 Å². The quantitative estimate of drug-likeness (QED) is 0.813. The Morgan fingerprint density at radius 3 is 2.71 bits per heavy atom. The second-order valence-electron chi connectivity index (χ2n) is 3.53. The van der Waals surface area contributed by atoms with Crippen LogP contribution in [0.15, 0.2) is 4.52 Å². The highest BCUT2D eigenvalue weighted by molar-refractivity contribution is 7.98. The minimum Gasteiger partial charge on any atom is -0.338 e. The van der Waals surface area contributed by atoms with Crippen LogP contribution in [0.3, 0.4) is 0 Å². The van der Waals surface area contributed by atoms with Gasteiger partial charge in [0.15, 0.2) is 5.82 Å².